The van der Waals surface area contributed by atoms with E-state index in [9.17, 15) is 27.2 Å². The summed E-state index contributed by atoms with van der Waals surface area (Å²) >= 11 is 5.96. The van der Waals surface area contributed by atoms with Gasteiger partial charge in [-0.15, -0.1) is 0 Å². The van der Waals surface area contributed by atoms with E-state index in [1.54, 1.807) is 7.05 Å². The predicted molar refractivity (Wildman–Crippen MR) is 92.1 cm³/mol. The highest BCUT2D eigenvalue weighted by Crippen LogP contribution is 2.38. The second kappa shape index (κ2) is 7.08. The lowest BCUT2D eigenvalue weighted by Crippen LogP contribution is -2.33. The number of nitrogens with one attached hydrogen (secondary N) is 1. The van der Waals surface area contributed by atoms with Gasteiger partial charge in [0.1, 0.15) is 22.5 Å². The molecule has 0 unspecified atom stereocenters. The van der Waals surface area contributed by atoms with Gasteiger partial charge in [0.25, 0.3) is 0 Å². The molecule has 0 radical (unpaired) electrons. The Labute approximate surface area is 162 Å². The summed E-state index contributed by atoms with van der Waals surface area (Å²) in [6.07, 6.45) is -5.02. The van der Waals surface area contributed by atoms with Gasteiger partial charge in [-0.05, 0) is 18.2 Å². The number of carbonyl (C=O) groups excluding carboxylic acids is 2. The van der Waals surface area contributed by atoms with Crippen molar-refractivity contribution in [1.82, 2.24) is 14.7 Å². The highest BCUT2D eigenvalue weighted by Gasteiger charge is 2.46. The predicted octanol–water partition coefficient (Wildman–Crippen LogP) is 3.04. The maximum Gasteiger partial charge on any atom is 0.421 e. The number of anilines is 1. The zero-order valence-electron chi connectivity index (χ0n) is 14.7. The molecule has 3 rings (SSSR count). The molecule has 1 fully saturated rings. The first-order valence-corrected chi connectivity index (χ1v) is 8.49. The average molecular weight is 419 g/mol. The van der Waals surface area contributed by atoms with E-state index in [-0.39, 0.29) is 11.7 Å². The van der Waals surface area contributed by atoms with Gasteiger partial charge in [-0.2, -0.15) is 18.3 Å². The third-order valence-electron chi connectivity index (χ3n) is 4.57. The summed E-state index contributed by atoms with van der Waals surface area (Å²) in [5.41, 5.74) is -1.99. The van der Waals surface area contributed by atoms with Crippen molar-refractivity contribution < 1.29 is 27.2 Å². The van der Waals surface area contributed by atoms with E-state index < -0.39 is 46.9 Å². The Morgan fingerprint density at radius 1 is 1.32 bits per heavy atom. The summed E-state index contributed by atoms with van der Waals surface area (Å²) < 4.78 is 54.6. The maximum absolute atomic E-state index is 13.7. The smallest absolute Gasteiger partial charge is 0.344 e. The number of nitrogens with zero attached hydrogens (tertiary/aromatic N) is 3. The minimum absolute atomic E-state index is 0.138. The average Bonchev–Trinajstić information content (AvgIpc) is 3.06. The van der Waals surface area contributed by atoms with Crippen LogP contribution in [0.5, 0.6) is 0 Å². The molecule has 1 aliphatic rings. The van der Waals surface area contributed by atoms with Crippen molar-refractivity contribution in [3.8, 4) is 0 Å². The van der Waals surface area contributed by atoms with Gasteiger partial charge in [-0.25, -0.2) is 4.39 Å². The molecule has 2 aromatic rings. The van der Waals surface area contributed by atoms with Crippen LogP contribution in [0.4, 0.5) is 23.2 Å². The lowest BCUT2D eigenvalue weighted by Gasteiger charge is -2.18. The van der Waals surface area contributed by atoms with Crippen molar-refractivity contribution in [2.45, 2.75) is 12.1 Å². The highest BCUT2D eigenvalue weighted by atomic mass is 35.5. The molecule has 0 saturated carbocycles. The van der Waals surface area contributed by atoms with Gasteiger partial charge >= 0.3 is 6.18 Å². The van der Waals surface area contributed by atoms with Gasteiger partial charge in [0.05, 0.1) is 11.4 Å². The van der Waals surface area contributed by atoms with Crippen molar-refractivity contribution in [3.05, 3.63) is 46.5 Å². The zero-order chi connectivity index (χ0) is 20.8. The van der Waals surface area contributed by atoms with E-state index in [1.165, 1.54) is 22.7 Å². The second-order valence-corrected chi connectivity index (χ2v) is 6.86. The van der Waals surface area contributed by atoms with E-state index in [0.29, 0.717) is 11.8 Å². The van der Waals surface area contributed by atoms with Gasteiger partial charge in [-0.1, -0.05) is 17.7 Å². The fourth-order valence-electron chi connectivity index (χ4n) is 3.23. The third kappa shape index (κ3) is 3.56. The van der Waals surface area contributed by atoms with E-state index in [1.807, 2.05) is 0 Å². The van der Waals surface area contributed by atoms with Crippen LogP contribution in [0.2, 0.25) is 5.15 Å². The first-order chi connectivity index (χ1) is 13.0. The van der Waals surface area contributed by atoms with Gasteiger partial charge in [0, 0.05) is 26.6 Å². The minimum Gasteiger partial charge on any atom is -0.344 e. The quantitative estimate of drug-likeness (QED) is 0.615. The fraction of sp³-hybridized carbons (Fsp3) is 0.353. The summed E-state index contributed by atoms with van der Waals surface area (Å²) in [6.45, 7) is 0.138. The Hall–Kier alpha value is -2.62. The monoisotopic (exact) mass is 418 g/mol. The van der Waals surface area contributed by atoms with Crippen LogP contribution in [0, 0.1) is 11.7 Å². The number of hydrogen-bond donors (Lipinski definition) is 1. The van der Waals surface area contributed by atoms with Gasteiger partial charge in [0.2, 0.25) is 11.8 Å². The number of aryl methyl sites for hydroxylation is 1. The number of likely N-dealkylation sites (N-methyl/N-ethyl adjacent to an activating group) is 1. The first kappa shape index (κ1) is 20.1. The largest absolute Gasteiger partial charge is 0.421 e. The zero-order valence-corrected chi connectivity index (χ0v) is 15.5. The molecular weight excluding hydrogens is 404 g/mol. The fourth-order valence-corrected chi connectivity index (χ4v) is 3.38. The molecule has 0 aliphatic carbocycles. The van der Waals surface area contributed by atoms with E-state index in [4.69, 9.17) is 11.6 Å². The summed E-state index contributed by atoms with van der Waals surface area (Å²) in [4.78, 5) is 26.5. The van der Waals surface area contributed by atoms with Crippen LogP contribution in [0.25, 0.3) is 0 Å². The molecule has 1 aliphatic heterocycles. The molecule has 0 bridgehead atoms. The van der Waals surface area contributed by atoms with Crippen molar-refractivity contribution in [1.29, 1.82) is 0 Å². The van der Waals surface area contributed by atoms with E-state index in [2.05, 4.69) is 10.4 Å². The SMILES string of the molecule is CN1C[C@H](c2cc(Cl)n(C)n2)[C@@H](C(=O)Nc2cccc(F)c2C(F)(F)F)C1=O. The molecule has 1 aromatic heterocycles. The van der Waals surface area contributed by atoms with E-state index >= 15 is 0 Å². The summed E-state index contributed by atoms with van der Waals surface area (Å²) in [5.74, 6) is -5.10. The van der Waals surface area contributed by atoms with Crippen LogP contribution in [0.15, 0.2) is 24.3 Å². The Morgan fingerprint density at radius 2 is 2.00 bits per heavy atom. The molecule has 6 nitrogen and oxygen atoms in total. The second-order valence-electron chi connectivity index (χ2n) is 6.47. The van der Waals surface area contributed by atoms with Crippen molar-refractivity contribution in [3.63, 3.8) is 0 Å². The number of halogens is 5. The van der Waals surface area contributed by atoms with Crippen molar-refractivity contribution in [2.24, 2.45) is 13.0 Å². The molecule has 28 heavy (non-hydrogen) atoms. The molecule has 0 spiro atoms. The lowest BCUT2D eigenvalue weighted by molar-refractivity contribution is -0.139. The Morgan fingerprint density at radius 3 is 2.57 bits per heavy atom. The van der Waals surface area contributed by atoms with Crippen LogP contribution in [-0.2, 0) is 22.8 Å². The number of likely N-dealkylation sites (tertiary alicyclic amines) is 1. The molecule has 1 saturated heterocycles. The van der Waals surface area contributed by atoms with Crippen molar-refractivity contribution in [2.75, 3.05) is 18.9 Å². The minimum atomic E-state index is -5.02. The van der Waals surface area contributed by atoms with Gasteiger partial charge in [-0.3, -0.25) is 14.3 Å². The maximum atomic E-state index is 13.7. The number of rotatable bonds is 3. The normalized spacial score (nSPS) is 20.0. The Kier molecular flexibility index (Phi) is 5.09. The molecular formula is C17H15ClF4N4O2. The standard InChI is InChI=1S/C17H15ClF4N4O2/c1-25-7-8(11-6-12(18)26(2)24-11)13(16(25)28)15(27)23-10-5-3-4-9(19)14(10)17(20,21)22/h3-6,8,13H,7H2,1-2H3,(H,23,27)/t8-,13+/m1/s1. The topological polar surface area (TPSA) is 67.2 Å². The number of aromatic nitrogens is 2. The summed E-state index contributed by atoms with van der Waals surface area (Å²) in [6, 6.07) is 4.10. The van der Waals surface area contributed by atoms with Crippen LogP contribution < -0.4 is 5.32 Å². The number of hydrogen-bond acceptors (Lipinski definition) is 3. The first-order valence-electron chi connectivity index (χ1n) is 8.11. The van der Waals surface area contributed by atoms with Crippen molar-refractivity contribution >= 4 is 29.1 Å². The van der Waals surface area contributed by atoms with Crippen LogP contribution in [0.1, 0.15) is 17.2 Å². The molecule has 2 amide bonds. The van der Waals surface area contributed by atoms with Gasteiger partial charge < -0.3 is 10.2 Å². The molecule has 11 heteroatoms. The molecule has 1 N–H and O–H groups in total. The highest BCUT2D eigenvalue weighted by molar-refractivity contribution is 6.29. The summed E-state index contributed by atoms with van der Waals surface area (Å²) in [7, 11) is 3.04. The lowest BCUT2D eigenvalue weighted by atomic mass is 9.91. The van der Waals surface area contributed by atoms with Crippen LogP contribution in [0.3, 0.4) is 0 Å². The third-order valence-corrected chi connectivity index (χ3v) is 4.93. The van der Waals surface area contributed by atoms with E-state index in [0.717, 1.165) is 12.1 Å². The molecule has 2 heterocycles. The summed E-state index contributed by atoms with van der Waals surface area (Å²) in [5, 5.41) is 6.49. The van der Waals surface area contributed by atoms with Crippen LogP contribution in [-0.4, -0.2) is 40.1 Å². The van der Waals surface area contributed by atoms with Crippen LogP contribution >= 0.6 is 11.6 Å². The Bertz CT molecular complexity index is 924. The number of benzene rings is 1. The molecule has 2 atom stereocenters. The number of alkyl halides is 3. The molecule has 150 valence electrons. The Balaban J connectivity index is 1.95. The van der Waals surface area contributed by atoms with Gasteiger partial charge in [0.15, 0.2) is 0 Å². The molecule has 1 aromatic carbocycles. The number of carbonyl (C=O) groups is 2. The number of amides is 2.